The highest BCUT2D eigenvalue weighted by Crippen LogP contribution is 2.09. The van der Waals surface area contributed by atoms with E-state index in [2.05, 4.69) is 20.9 Å². The summed E-state index contributed by atoms with van der Waals surface area (Å²) < 4.78 is 2.08. The van der Waals surface area contributed by atoms with Crippen molar-refractivity contribution >= 4 is 27.3 Å². The Morgan fingerprint density at radius 1 is 1.57 bits per heavy atom. The highest BCUT2D eigenvalue weighted by molar-refractivity contribution is 9.10. The van der Waals surface area contributed by atoms with Gasteiger partial charge in [-0.25, -0.2) is 4.98 Å². The maximum absolute atomic E-state index is 11.6. The Bertz CT molecular complexity index is 478. The van der Waals surface area contributed by atoms with E-state index in [0.717, 1.165) is 4.88 Å². The molecule has 0 radical (unpaired) electrons. The van der Waals surface area contributed by atoms with E-state index in [-0.39, 0.29) is 5.56 Å². The zero-order chi connectivity index (χ0) is 9.97. The van der Waals surface area contributed by atoms with Gasteiger partial charge in [-0.15, -0.1) is 11.3 Å². The van der Waals surface area contributed by atoms with Crippen molar-refractivity contribution in [1.82, 2.24) is 9.55 Å². The molecule has 0 unspecified atom stereocenters. The molecule has 0 aromatic carbocycles. The molecular weight excluding hydrogens is 264 g/mol. The van der Waals surface area contributed by atoms with Crippen molar-refractivity contribution in [2.45, 2.75) is 6.54 Å². The summed E-state index contributed by atoms with van der Waals surface area (Å²) in [5, 5.41) is 1.99. The standard InChI is InChI=1S/C9H7BrN2OS/c10-8-4-11-6-12(9(8)13)5-7-2-1-3-14-7/h1-4,6H,5H2. The van der Waals surface area contributed by atoms with Gasteiger partial charge in [-0.1, -0.05) is 6.07 Å². The van der Waals surface area contributed by atoms with Crippen LogP contribution in [-0.2, 0) is 6.54 Å². The summed E-state index contributed by atoms with van der Waals surface area (Å²) in [4.78, 5) is 16.7. The van der Waals surface area contributed by atoms with Crippen LogP contribution in [0.5, 0.6) is 0 Å². The fourth-order valence-corrected chi connectivity index (χ4v) is 2.16. The first-order valence-electron chi connectivity index (χ1n) is 3.99. The number of nitrogens with zero attached hydrogens (tertiary/aromatic N) is 2. The van der Waals surface area contributed by atoms with Crippen LogP contribution in [-0.4, -0.2) is 9.55 Å². The number of thiophene rings is 1. The lowest BCUT2D eigenvalue weighted by Crippen LogP contribution is -2.20. The monoisotopic (exact) mass is 270 g/mol. The van der Waals surface area contributed by atoms with E-state index in [4.69, 9.17) is 0 Å². The van der Waals surface area contributed by atoms with Crippen LogP contribution >= 0.6 is 27.3 Å². The molecule has 0 N–H and O–H groups in total. The van der Waals surface area contributed by atoms with E-state index in [1.807, 2.05) is 17.5 Å². The molecule has 0 aliphatic rings. The number of aromatic nitrogens is 2. The van der Waals surface area contributed by atoms with Crippen LogP contribution in [0.1, 0.15) is 4.88 Å². The Morgan fingerprint density at radius 2 is 2.43 bits per heavy atom. The minimum Gasteiger partial charge on any atom is -0.293 e. The normalized spacial score (nSPS) is 10.4. The van der Waals surface area contributed by atoms with Gasteiger partial charge in [0, 0.05) is 11.1 Å². The zero-order valence-electron chi connectivity index (χ0n) is 7.18. The molecular formula is C9H7BrN2OS. The van der Waals surface area contributed by atoms with Gasteiger partial charge in [-0.3, -0.25) is 9.36 Å². The molecule has 0 spiro atoms. The van der Waals surface area contributed by atoms with E-state index in [0.29, 0.717) is 11.0 Å². The Morgan fingerprint density at radius 3 is 3.14 bits per heavy atom. The molecule has 5 heteroatoms. The van der Waals surface area contributed by atoms with Gasteiger partial charge >= 0.3 is 0 Å². The molecule has 2 heterocycles. The zero-order valence-corrected chi connectivity index (χ0v) is 9.59. The third-order valence-electron chi connectivity index (χ3n) is 1.77. The highest BCUT2D eigenvalue weighted by Gasteiger charge is 2.01. The second-order valence-corrected chi connectivity index (χ2v) is 4.64. The molecule has 3 nitrogen and oxygen atoms in total. The molecule has 2 aromatic rings. The predicted molar refractivity (Wildman–Crippen MR) is 59.6 cm³/mol. The van der Waals surface area contributed by atoms with Crippen LogP contribution in [0.2, 0.25) is 0 Å². The summed E-state index contributed by atoms with van der Waals surface area (Å²) >= 11 is 4.79. The summed E-state index contributed by atoms with van der Waals surface area (Å²) in [6.45, 7) is 0.586. The number of hydrogen-bond acceptors (Lipinski definition) is 3. The van der Waals surface area contributed by atoms with Gasteiger partial charge in [0.2, 0.25) is 0 Å². The highest BCUT2D eigenvalue weighted by atomic mass is 79.9. The molecule has 0 aliphatic heterocycles. The second-order valence-electron chi connectivity index (χ2n) is 2.75. The van der Waals surface area contributed by atoms with Gasteiger partial charge in [0.1, 0.15) is 4.47 Å². The molecule has 0 saturated heterocycles. The lowest BCUT2D eigenvalue weighted by molar-refractivity contribution is 0.740. The van der Waals surface area contributed by atoms with E-state index in [9.17, 15) is 4.79 Å². The van der Waals surface area contributed by atoms with Crippen molar-refractivity contribution in [3.05, 3.63) is 49.7 Å². The fourth-order valence-electron chi connectivity index (χ4n) is 1.11. The Balaban J connectivity index is 2.34. The van der Waals surface area contributed by atoms with Crippen LogP contribution in [0.15, 0.2) is 39.3 Å². The minimum absolute atomic E-state index is 0.0478. The van der Waals surface area contributed by atoms with Crippen molar-refractivity contribution in [1.29, 1.82) is 0 Å². The first-order chi connectivity index (χ1) is 6.77. The first-order valence-corrected chi connectivity index (χ1v) is 5.67. The van der Waals surface area contributed by atoms with Gasteiger partial charge in [-0.2, -0.15) is 0 Å². The second kappa shape index (κ2) is 4.06. The molecule has 0 amide bonds. The quantitative estimate of drug-likeness (QED) is 0.838. The lowest BCUT2D eigenvalue weighted by atomic mass is 10.4. The first kappa shape index (κ1) is 9.61. The van der Waals surface area contributed by atoms with E-state index in [1.54, 1.807) is 22.2 Å². The van der Waals surface area contributed by atoms with Crippen molar-refractivity contribution < 1.29 is 0 Å². The molecule has 2 aromatic heterocycles. The molecule has 2 rings (SSSR count). The molecule has 72 valence electrons. The minimum atomic E-state index is -0.0478. The summed E-state index contributed by atoms with van der Waals surface area (Å²) in [5.41, 5.74) is -0.0478. The summed E-state index contributed by atoms with van der Waals surface area (Å²) in [6.07, 6.45) is 3.06. The van der Waals surface area contributed by atoms with Crippen molar-refractivity contribution in [2.24, 2.45) is 0 Å². The summed E-state index contributed by atoms with van der Waals surface area (Å²) in [6, 6.07) is 3.97. The van der Waals surface area contributed by atoms with Crippen LogP contribution in [0.3, 0.4) is 0 Å². The van der Waals surface area contributed by atoms with E-state index < -0.39 is 0 Å². The van der Waals surface area contributed by atoms with Crippen LogP contribution in [0.25, 0.3) is 0 Å². The van der Waals surface area contributed by atoms with Gasteiger partial charge < -0.3 is 0 Å². The van der Waals surface area contributed by atoms with Crippen molar-refractivity contribution in [3.63, 3.8) is 0 Å². The average molecular weight is 271 g/mol. The average Bonchev–Trinajstić information content (AvgIpc) is 2.66. The summed E-state index contributed by atoms with van der Waals surface area (Å²) in [5.74, 6) is 0. The van der Waals surface area contributed by atoms with Crippen LogP contribution in [0.4, 0.5) is 0 Å². The third-order valence-corrected chi connectivity index (χ3v) is 3.17. The summed E-state index contributed by atoms with van der Waals surface area (Å²) in [7, 11) is 0. The van der Waals surface area contributed by atoms with Gasteiger partial charge in [0.25, 0.3) is 5.56 Å². The largest absolute Gasteiger partial charge is 0.293 e. The van der Waals surface area contributed by atoms with Crippen molar-refractivity contribution in [3.8, 4) is 0 Å². The number of hydrogen-bond donors (Lipinski definition) is 0. The molecule has 0 fully saturated rings. The number of halogens is 1. The van der Waals surface area contributed by atoms with Crippen LogP contribution in [0, 0.1) is 0 Å². The van der Waals surface area contributed by atoms with Crippen molar-refractivity contribution in [2.75, 3.05) is 0 Å². The fraction of sp³-hybridized carbons (Fsp3) is 0.111. The molecule has 14 heavy (non-hydrogen) atoms. The SMILES string of the molecule is O=c1c(Br)cncn1Cc1cccs1. The molecule has 0 atom stereocenters. The van der Waals surface area contributed by atoms with E-state index in [1.165, 1.54) is 6.20 Å². The smallest absolute Gasteiger partial charge is 0.267 e. The van der Waals surface area contributed by atoms with Gasteiger partial charge in [0.15, 0.2) is 0 Å². The Kier molecular flexibility index (Phi) is 2.79. The van der Waals surface area contributed by atoms with Crippen LogP contribution < -0.4 is 5.56 Å². The topological polar surface area (TPSA) is 34.9 Å². The third kappa shape index (κ3) is 1.93. The maximum Gasteiger partial charge on any atom is 0.267 e. The molecule has 0 aliphatic carbocycles. The molecule has 0 saturated carbocycles. The lowest BCUT2D eigenvalue weighted by Gasteiger charge is -2.02. The predicted octanol–water partition coefficient (Wildman–Crippen LogP) is 2.12. The maximum atomic E-state index is 11.6. The number of rotatable bonds is 2. The van der Waals surface area contributed by atoms with Gasteiger partial charge in [-0.05, 0) is 27.4 Å². The van der Waals surface area contributed by atoms with Gasteiger partial charge in [0.05, 0.1) is 12.9 Å². The Hall–Kier alpha value is -0.940. The molecule has 0 bridgehead atoms. The Labute approximate surface area is 93.2 Å². The van der Waals surface area contributed by atoms with E-state index >= 15 is 0 Å².